The van der Waals surface area contributed by atoms with Crippen LogP contribution < -0.4 is 10.2 Å². The van der Waals surface area contributed by atoms with E-state index in [0.29, 0.717) is 16.5 Å². The van der Waals surface area contributed by atoms with Crippen LogP contribution in [0.2, 0.25) is 0 Å². The van der Waals surface area contributed by atoms with Gasteiger partial charge in [-0.1, -0.05) is 57.2 Å². The minimum atomic E-state index is -0.745. The summed E-state index contributed by atoms with van der Waals surface area (Å²) >= 11 is 0. The smallest absolute Gasteiger partial charge is 0.316 e. The molecule has 2 aromatic carbocycles. The number of benzene rings is 2. The molecule has 0 saturated heterocycles. The molecule has 28 heavy (non-hydrogen) atoms. The normalized spacial score (nSPS) is 12.2. The molecule has 0 atom stereocenters. The van der Waals surface area contributed by atoms with Gasteiger partial charge in [-0.05, 0) is 43.9 Å². The minimum Gasteiger partial charge on any atom is -0.452 e. The van der Waals surface area contributed by atoms with Crippen LogP contribution in [-0.2, 0) is 10.2 Å². The highest BCUT2D eigenvalue weighted by Gasteiger charge is 2.28. The number of fused-ring (bicyclic) bond motifs is 1. The number of esters is 1. The molecule has 4 nitrogen and oxygen atoms in total. The summed E-state index contributed by atoms with van der Waals surface area (Å²) in [6.07, 6.45) is 0. The number of rotatable bonds is 2. The molecule has 0 unspecified atom stereocenters. The summed E-state index contributed by atoms with van der Waals surface area (Å²) in [5, 5.41) is 0.384. The second-order valence-electron chi connectivity index (χ2n) is 9.05. The lowest BCUT2D eigenvalue weighted by atomic mass is 9.86. The maximum Gasteiger partial charge on any atom is 0.316 e. The zero-order chi connectivity index (χ0) is 20.7. The monoisotopic (exact) mass is 378 g/mol. The van der Waals surface area contributed by atoms with E-state index in [-0.39, 0.29) is 22.4 Å². The molecule has 0 aliphatic rings. The van der Waals surface area contributed by atoms with Crippen molar-refractivity contribution >= 4 is 16.9 Å². The number of hydrogen-bond acceptors (Lipinski definition) is 4. The lowest BCUT2D eigenvalue weighted by Gasteiger charge is -2.20. The summed E-state index contributed by atoms with van der Waals surface area (Å²) in [6, 6.07) is 14.7. The number of ether oxygens (including phenoxy) is 1. The van der Waals surface area contributed by atoms with E-state index in [0.717, 1.165) is 5.56 Å². The third kappa shape index (κ3) is 3.86. The Morgan fingerprint density at radius 1 is 0.893 bits per heavy atom. The Bertz CT molecular complexity index is 1070. The average Bonchev–Trinajstić information content (AvgIpc) is 2.62. The van der Waals surface area contributed by atoms with Crippen LogP contribution in [0, 0.1) is 5.41 Å². The average molecular weight is 378 g/mol. The van der Waals surface area contributed by atoms with E-state index in [1.165, 1.54) is 0 Å². The first-order valence-electron chi connectivity index (χ1n) is 9.37. The van der Waals surface area contributed by atoms with Crippen molar-refractivity contribution in [3.8, 4) is 17.1 Å². The van der Waals surface area contributed by atoms with Crippen molar-refractivity contribution in [3.63, 3.8) is 0 Å². The first kappa shape index (κ1) is 19.9. The van der Waals surface area contributed by atoms with Crippen LogP contribution in [0.5, 0.6) is 5.75 Å². The topological polar surface area (TPSA) is 56.5 Å². The highest BCUT2D eigenvalue weighted by atomic mass is 16.5. The van der Waals surface area contributed by atoms with Crippen LogP contribution in [0.1, 0.15) is 47.1 Å². The van der Waals surface area contributed by atoms with E-state index in [1.54, 1.807) is 45.0 Å². The minimum absolute atomic E-state index is 0.00425. The lowest BCUT2D eigenvalue weighted by molar-refractivity contribution is -0.143. The Morgan fingerprint density at radius 2 is 1.50 bits per heavy atom. The van der Waals surface area contributed by atoms with Gasteiger partial charge in [0.15, 0.2) is 5.76 Å². The Balaban J connectivity index is 2.21. The highest BCUT2D eigenvalue weighted by molar-refractivity contribution is 5.85. The second-order valence-corrected chi connectivity index (χ2v) is 9.05. The van der Waals surface area contributed by atoms with Crippen molar-refractivity contribution < 1.29 is 13.9 Å². The van der Waals surface area contributed by atoms with Crippen molar-refractivity contribution in [3.05, 3.63) is 64.3 Å². The largest absolute Gasteiger partial charge is 0.452 e. The first-order chi connectivity index (χ1) is 13.0. The molecular formula is C24H26O4. The van der Waals surface area contributed by atoms with E-state index >= 15 is 0 Å². The Labute approximate surface area is 165 Å². The van der Waals surface area contributed by atoms with E-state index in [9.17, 15) is 9.59 Å². The number of hydrogen-bond donors (Lipinski definition) is 0. The third-order valence-electron chi connectivity index (χ3n) is 4.58. The molecule has 0 spiro atoms. The molecule has 0 aliphatic heterocycles. The van der Waals surface area contributed by atoms with Gasteiger partial charge in [0.2, 0.25) is 11.2 Å². The summed E-state index contributed by atoms with van der Waals surface area (Å²) in [7, 11) is 0. The molecule has 3 rings (SSSR count). The molecule has 0 amide bonds. The predicted molar refractivity (Wildman–Crippen MR) is 112 cm³/mol. The van der Waals surface area contributed by atoms with Gasteiger partial charge in [-0.15, -0.1) is 0 Å². The molecule has 1 aromatic heterocycles. The molecule has 146 valence electrons. The fourth-order valence-electron chi connectivity index (χ4n) is 2.78. The summed E-state index contributed by atoms with van der Waals surface area (Å²) in [5.41, 5.74) is 1.21. The zero-order valence-corrected chi connectivity index (χ0v) is 17.3. The van der Waals surface area contributed by atoms with Gasteiger partial charge in [0.1, 0.15) is 5.58 Å². The molecule has 4 heteroatoms. The summed E-state index contributed by atoms with van der Waals surface area (Å²) < 4.78 is 11.6. The molecular weight excluding hydrogens is 352 g/mol. The molecule has 0 fully saturated rings. The van der Waals surface area contributed by atoms with Crippen LogP contribution in [0.15, 0.2) is 57.7 Å². The van der Waals surface area contributed by atoms with Crippen LogP contribution >= 0.6 is 0 Å². The fourth-order valence-corrected chi connectivity index (χ4v) is 2.78. The van der Waals surface area contributed by atoms with E-state index < -0.39 is 11.4 Å². The van der Waals surface area contributed by atoms with Crippen molar-refractivity contribution in [2.24, 2.45) is 5.41 Å². The first-order valence-corrected chi connectivity index (χ1v) is 9.37. The molecule has 3 aromatic rings. The zero-order valence-electron chi connectivity index (χ0n) is 17.3. The fraction of sp³-hybridized carbons (Fsp3) is 0.333. The second kappa shape index (κ2) is 6.93. The highest BCUT2D eigenvalue weighted by Crippen LogP contribution is 2.33. The van der Waals surface area contributed by atoms with Gasteiger partial charge >= 0.3 is 5.97 Å². The lowest BCUT2D eigenvalue weighted by Crippen LogP contribution is -2.28. The van der Waals surface area contributed by atoms with Crippen LogP contribution in [0.25, 0.3) is 22.3 Å². The molecule has 0 saturated carbocycles. The van der Waals surface area contributed by atoms with E-state index in [2.05, 4.69) is 20.8 Å². The van der Waals surface area contributed by atoms with E-state index in [1.807, 2.05) is 24.3 Å². The van der Waals surface area contributed by atoms with Gasteiger partial charge in [-0.3, -0.25) is 9.59 Å². The molecule has 0 bridgehead atoms. The SMILES string of the molecule is CC(C)(C)C(=O)Oc1c(-c2ccc(C(C)(C)C)cc2)oc2ccccc2c1=O. The standard InChI is InChI=1S/C24H26O4/c1-23(2,3)16-13-11-15(12-14-16)20-21(28-22(26)24(4,5)6)19(25)17-9-7-8-10-18(17)27-20/h7-14H,1-6H3. The van der Waals surface area contributed by atoms with Crippen molar-refractivity contribution in [2.75, 3.05) is 0 Å². The number of para-hydroxylation sites is 1. The quantitative estimate of drug-likeness (QED) is 0.536. The van der Waals surface area contributed by atoms with Crippen molar-refractivity contribution in [1.29, 1.82) is 0 Å². The summed E-state index contributed by atoms with van der Waals surface area (Å²) in [5.74, 6) is -0.286. The summed E-state index contributed by atoms with van der Waals surface area (Å²) in [6.45, 7) is 11.6. The van der Waals surface area contributed by atoms with Crippen molar-refractivity contribution in [1.82, 2.24) is 0 Å². The Hall–Kier alpha value is -2.88. The van der Waals surface area contributed by atoms with Gasteiger partial charge in [-0.2, -0.15) is 0 Å². The predicted octanol–water partition coefficient (Wildman–Crippen LogP) is 5.71. The molecule has 1 heterocycles. The van der Waals surface area contributed by atoms with Crippen LogP contribution in [-0.4, -0.2) is 5.97 Å². The maximum absolute atomic E-state index is 13.1. The van der Waals surface area contributed by atoms with Crippen LogP contribution in [0.3, 0.4) is 0 Å². The van der Waals surface area contributed by atoms with Gasteiger partial charge in [-0.25, -0.2) is 0 Å². The third-order valence-corrected chi connectivity index (χ3v) is 4.58. The Kier molecular flexibility index (Phi) is 4.92. The molecule has 0 N–H and O–H groups in total. The molecule has 0 aliphatic carbocycles. The number of carbonyl (C=O) groups excluding carboxylic acids is 1. The number of carbonyl (C=O) groups is 1. The van der Waals surface area contributed by atoms with Gasteiger partial charge in [0.05, 0.1) is 10.8 Å². The molecule has 0 radical (unpaired) electrons. The maximum atomic E-state index is 13.1. The van der Waals surface area contributed by atoms with Crippen LogP contribution in [0.4, 0.5) is 0 Å². The van der Waals surface area contributed by atoms with Gasteiger partial charge < -0.3 is 9.15 Å². The van der Waals surface area contributed by atoms with Crippen molar-refractivity contribution in [2.45, 2.75) is 47.0 Å². The summed E-state index contributed by atoms with van der Waals surface area (Å²) in [4.78, 5) is 25.6. The Morgan fingerprint density at radius 3 is 2.07 bits per heavy atom. The van der Waals surface area contributed by atoms with Gasteiger partial charge in [0.25, 0.3) is 0 Å². The van der Waals surface area contributed by atoms with Gasteiger partial charge in [0, 0.05) is 5.56 Å². The van der Waals surface area contributed by atoms with E-state index in [4.69, 9.17) is 9.15 Å².